The van der Waals surface area contributed by atoms with Gasteiger partial charge in [-0.1, -0.05) is 37.6 Å². The summed E-state index contributed by atoms with van der Waals surface area (Å²) in [5.74, 6) is 0.359. The quantitative estimate of drug-likeness (QED) is 0.891. The van der Waals surface area contributed by atoms with Gasteiger partial charge in [0.1, 0.15) is 0 Å². The summed E-state index contributed by atoms with van der Waals surface area (Å²) in [6.07, 6.45) is 2.53. The second-order valence-electron chi connectivity index (χ2n) is 5.64. The van der Waals surface area contributed by atoms with E-state index in [0.29, 0.717) is 12.3 Å². The van der Waals surface area contributed by atoms with E-state index in [1.165, 1.54) is 0 Å². The predicted octanol–water partition coefficient (Wildman–Crippen LogP) is 2.82. The molecule has 4 heteroatoms. The molecule has 1 unspecified atom stereocenters. The molecule has 1 aromatic carbocycles. The van der Waals surface area contributed by atoms with Gasteiger partial charge in [-0.25, -0.2) is 0 Å². The molecule has 0 radical (unpaired) electrons. The lowest BCUT2D eigenvalue weighted by molar-refractivity contribution is -0.123. The zero-order valence-electron chi connectivity index (χ0n) is 11.4. The van der Waals surface area contributed by atoms with Crippen LogP contribution in [0.5, 0.6) is 0 Å². The van der Waals surface area contributed by atoms with E-state index in [-0.39, 0.29) is 11.9 Å². The molecule has 0 aliphatic heterocycles. The first-order chi connectivity index (χ1) is 8.99. The van der Waals surface area contributed by atoms with Gasteiger partial charge in [-0.15, -0.1) is 0 Å². The first-order valence-corrected chi connectivity index (χ1v) is 7.20. The second-order valence-corrected chi connectivity index (χ2v) is 6.05. The zero-order valence-corrected chi connectivity index (χ0v) is 12.2. The molecule has 2 rings (SSSR count). The summed E-state index contributed by atoms with van der Waals surface area (Å²) < 4.78 is 0. The summed E-state index contributed by atoms with van der Waals surface area (Å²) in [5.41, 5.74) is 8.20. The summed E-state index contributed by atoms with van der Waals surface area (Å²) in [5, 5.41) is 3.84. The van der Waals surface area contributed by atoms with Gasteiger partial charge in [0.15, 0.2) is 0 Å². The van der Waals surface area contributed by atoms with E-state index in [1.54, 1.807) is 0 Å². The van der Waals surface area contributed by atoms with Crippen molar-refractivity contribution in [1.82, 2.24) is 5.32 Å². The molecule has 1 aliphatic rings. The molecule has 0 saturated carbocycles. The average molecular weight is 281 g/mol. The molecule has 19 heavy (non-hydrogen) atoms. The molecular weight excluding hydrogens is 260 g/mol. The molecule has 0 spiro atoms. The number of fused-ring (bicyclic) bond motifs is 1. The molecule has 3 N–H and O–H groups in total. The first-order valence-electron chi connectivity index (χ1n) is 6.82. The van der Waals surface area contributed by atoms with Crippen molar-refractivity contribution in [1.29, 1.82) is 0 Å². The van der Waals surface area contributed by atoms with Gasteiger partial charge in [-0.05, 0) is 42.4 Å². The maximum atomic E-state index is 12.1. The Morgan fingerprint density at radius 3 is 2.95 bits per heavy atom. The van der Waals surface area contributed by atoms with E-state index in [0.717, 1.165) is 29.0 Å². The lowest BCUT2D eigenvalue weighted by Crippen LogP contribution is -2.42. The Labute approximate surface area is 119 Å². The summed E-state index contributed by atoms with van der Waals surface area (Å²) >= 11 is 6.17. The van der Waals surface area contributed by atoms with Gasteiger partial charge >= 0.3 is 0 Å². The normalized spacial score (nSPS) is 19.3. The maximum Gasteiger partial charge on any atom is 0.237 e. The minimum Gasteiger partial charge on any atom is -0.348 e. The van der Waals surface area contributed by atoms with Crippen LogP contribution < -0.4 is 11.1 Å². The van der Waals surface area contributed by atoms with E-state index in [1.807, 2.05) is 18.2 Å². The van der Waals surface area contributed by atoms with Crippen LogP contribution in [-0.4, -0.2) is 11.9 Å². The van der Waals surface area contributed by atoms with Crippen molar-refractivity contribution in [3.63, 3.8) is 0 Å². The molecule has 3 nitrogen and oxygen atoms in total. The second kappa shape index (κ2) is 5.93. The number of nitrogens with two attached hydrogens (primary N) is 1. The van der Waals surface area contributed by atoms with Crippen LogP contribution in [0.25, 0.3) is 0 Å². The van der Waals surface area contributed by atoms with Gasteiger partial charge in [0.2, 0.25) is 5.91 Å². The highest BCUT2D eigenvalue weighted by atomic mass is 35.5. The Kier molecular flexibility index (Phi) is 4.48. The average Bonchev–Trinajstić information content (AvgIpc) is 2.73. The predicted molar refractivity (Wildman–Crippen MR) is 78.1 cm³/mol. The first kappa shape index (κ1) is 14.4. The third-order valence-electron chi connectivity index (χ3n) is 3.59. The van der Waals surface area contributed by atoms with Crippen LogP contribution in [0.3, 0.4) is 0 Å². The largest absolute Gasteiger partial charge is 0.348 e. The van der Waals surface area contributed by atoms with Crippen LogP contribution in [0, 0.1) is 5.92 Å². The number of carbonyl (C=O) groups excluding carboxylic acids is 1. The lowest BCUT2D eigenvalue weighted by Gasteiger charge is -2.19. The van der Waals surface area contributed by atoms with Gasteiger partial charge in [0.05, 0.1) is 12.1 Å². The van der Waals surface area contributed by atoms with Crippen LogP contribution in [0.2, 0.25) is 5.02 Å². The third kappa shape index (κ3) is 3.28. The number of halogens is 1. The van der Waals surface area contributed by atoms with E-state index in [2.05, 4.69) is 19.2 Å². The zero-order chi connectivity index (χ0) is 14.0. The van der Waals surface area contributed by atoms with Gasteiger partial charge in [0, 0.05) is 5.02 Å². The Hall–Kier alpha value is -1.06. The van der Waals surface area contributed by atoms with Crippen molar-refractivity contribution in [2.24, 2.45) is 11.7 Å². The van der Waals surface area contributed by atoms with Crippen LogP contribution in [0.1, 0.15) is 43.9 Å². The van der Waals surface area contributed by atoms with Crippen molar-refractivity contribution in [2.45, 2.75) is 45.2 Å². The highest BCUT2D eigenvalue weighted by Crippen LogP contribution is 2.35. The van der Waals surface area contributed by atoms with E-state index in [9.17, 15) is 4.79 Å². The lowest BCUT2D eigenvalue weighted by atomic mass is 10.0. The van der Waals surface area contributed by atoms with Gasteiger partial charge in [-0.2, -0.15) is 0 Å². The molecule has 0 aromatic heterocycles. The van der Waals surface area contributed by atoms with Gasteiger partial charge in [-0.3, -0.25) is 4.79 Å². The molecule has 1 aromatic rings. The van der Waals surface area contributed by atoms with E-state index in [4.69, 9.17) is 17.3 Å². The fourth-order valence-electron chi connectivity index (χ4n) is 2.65. The Morgan fingerprint density at radius 2 is 2.26 bits per heavy atom. The Balaban J connectivity index is 2.03. The number of amides is 1. The number of carbonyl (C=O) groups is 1. The summed E-state index contributed by atoms with van der Waals surface area (Å²) in [7, 11) is 0. The molecule has 0 bridgehead atoms. The maximum absolute atomic E-state index is 12.1. The number of hydrogen-bond donors (Lipinski definition) is 2. The van der Waals surface area contributed by atoms with Gasteiger partial charge < -0.3 is 11.1 Å². The SMILES string of the molecule is CC(C)C[C@H](N)C(=O)NC1CCc2c(Cl)cccc21. The molecule has 104 valence electrons. The molecule has 0 heterocycles. The summed E-state index contributed by atoms with van der Waals surface area (Å²) in [4.78, 5) is 12.1. The van der Waals surface area contributed by atoms with Crippen molar-refractivity contribution < 1.29 is 4.79 Å². The van der Waals surface area contributed by atoms with E-state index < -0.39 is 6.04 Å². The Morgan fingerprint density at radius 1 is 1.53 bits per heavy atom. The Bertz CT molecular complexity index is 473. The minimum absolute atomic E-state index is 0.0550. The summed E-state index contributed by atoms with van der Waals surface area (Å²) in [6.45, 7) is 4.13. The number of benzene rings is 1. The molecule has 2 atom stereocenters. The molecule has 0 saturated heterocycles. The molecular formula is C15H21ClN2O. The van der Waals surface area contributed by atoms with Crippen molar-refractivity contribution in [3.05, 3.63) is 34.3 Å². The number of nitrogens with one attached hydrogen (secondary N) is 1. The third-order valence-corrected chi connectivity index (χ3v) is 3.95. The van der Waals surface area contributed by atoms with Crippen molar-refractivity contribution in [2.75, 3.05) is 0 Å². The molecule has 1 amide bonds. The van der Waals surface area contributed by atoms with Crippen LogP contribution >= 0.6 is 11.6 Å². The summed E-state index contributed by atoms with van der Waals surface area (Å²) in [6, 6.07) is 5.49. The highest BCUT2D eigenvalue weighted by Gasteiger charge is 2.27. The van der Waals surface area contributed by atoms with Crippen molar-refractivity contribution >= 4 is 17.5 Å². The van der Waals surface area contributed by atoms with Crippen LogP contribution in [-0.2, 0) is 11.2 Å². The highest BCUT2D eigenvalue weighted by molar-refractivity contribution is 6.31. The fourth-order valence-corrected chi connectivity index (χ4v) is 2.93. The molecule has 0 fully saturated rings. The smallest absolute Gasteiger partial charge is 0.237 e. The number of rotatable bonds is 4. The van der Waals surface area contributed by atoms with Crippen molar-refractivity contribution in [3.8, 4) is 0 Å². The standard InChI is InChI=1S/C15H21ClN2O/c1-9(2)8-13(17)15(19)18-14-7-6-10-11(14)4-3-5-12(10)16/h3-5,9,13-14H,6-8,17H2,1-2H3,(H,18,19)/t13-,14?/m0/s1. The monoisotopic (exact) mass is 280 g/mol. The number of hydrogen-bond acceptors (Lipinski definition) is 2. The van der Waals surface area contributed by atoms with Gasteiger partial charge in [0.25, 0.3) is 0 Å². The topological polar surface area (TPSA) is 55.1 Å². The molecule has 1 aliphatic carbocycles. The van der Waals surface area contributed by atoms with Crippen LogP contribution in [0.4, 0.5) is 0 Å². The minimum atomic E-state index is -0.428. The van der Waals surface area contributed by atoms with E-state index >= 15 is 0 Å². The fraction of sp³-hybridized carbons (Fsp3) is 0.533. The van der Waals surface area contributed by atoms with Crippen LogP contribution in [0.15, 0.2) is 18.2 Å².